The van der Waals surface area contributed by atoms with Crippen LogP contribution in [0.2, 0.25) is 0 Å². The normalized spacial score (nSPS) is 15.9. The van der Waals surface area contributed by atoms with Crippen molar-refractivity contribution in [1.82, 2.24) is 9.29 Å². The first-order valence-corrected chi connectivity index (χ1v) is 13.0. The van der Waals surface area contributed by atoms with Crippen LogP contribution < -0.4 is 5.32 Å². The molecule has 1 aliphatic rings. The van der Waals surface area contributed by atoms with Crippen molar-refractivity contribution >= 4 is 44.3 Å². The zero-order valence-corrected chi connectivity index (χ0v) is 19.0. The number of hydrogen-bond acceptors (Lipinski definition) is 6. The van der Waals surface area contributed by atoms with Gasteiger partial charge in [-0.05, 0) is 54.5 Å². The zero-order chi connectivity index (χ0) is 21.1. The number of benzene rings is 1. The summed E-state index contributed by atoms with van der Waals surface area (Å²) in [7, 11) is -3.49. The molecule has 1 aliphatic heterocycles. The smallest absolute Gasteiger partial charge is 0.243 e. The van der Waals surface area contributed by atoms with E-state index < -0.39 is 10.0 Å². The quantitative estimate of drug-likeness (QED) is 0.587. The number of sulfonamides is 1. The molecule has 2 aromatic heterocycles. The van der Waals surface area contributed by atoms with Crippen molar-refractivity contribution in [3.05, 3.63) is 52.9 Å². The maximum atomic E-state index is 12.8. The van der Waals surface area contributed by atoms with Crippen molar-refractivity contribution in [3.63, 3.8) is 0 Å². The molecule has 3 aromatic rings. The van der Waals surface area contributed by atoms with Gasteiger partial charge in [-0.2, -0.15) is 4.31 Å². The molecule has 1 aromatic carbocycles. The van der Waals surface area contributed by atoms with Gasteiger partial charge in [-0.15, -0.1) is 22.7 Å². The minimum Gasteiger partial charge on any atom is -0.326 e. The minimum atomic E-state index is -3.49. The predicted octanol–water partition coefficient (Wildman–Crippen LogP) is 4.47. The fourth-order valence-electron chi connectivity index (χ4n) is 3.36. The highest BCUT2D eigenvalue weighted by Gasteiger charge is 2.27. The Morgan fingerprint density at radius 3 is 2.57 bits per heavy atom. The van der Waals surface area contributed by atoms with Crippen LogP contribution in [-0.4, -0.2) is 36.7 Å². The van der Waals surface area contributed by atoms with Gasteiger partial charge in [0.15, 0.2) is 0 Å². The summed E-state index contributed by atoms with van der Waals surface area (Å²) < 4.78 is 27.2. The lowest BCUT2D eigenvalue weighted by molar-refractivity contribution is -0.115. The molecule has 1 saturated heterocycles. The number of carbonyl (C=O) groups is 1. The number of thiazole rings is 1. The highest BCUT2D eigenvalue weighted by Crippen LogP contribution is 2.28. The van der Waals surface area contributed by atoms with E-state index in [-0.39, 0.29) is 17.2 Å². The monoisotopic (exact) mass is 461 g/mol. The van der Waals surface area contributed by atoms with E-state index in [1.165, 1.54) is 11.3 Å². The number of carbonyl (C=O) groups excluding carboxylic acids is 1. The third-order valence-corrected chi connectivity index (χ3v) is 8.99. The Labute approximate surface area is 184 Å². The molecule has 0 bridgehead atoms. The summed E-state index contributed by atoms with van der Waals surface area (Å²) >= 11 is 3.14. The topological polar surface area (TPSA) is 79.4 Å². The molecule has 0 unspecified atom stereocenters. The van der Waals surface area contributed by atoms with Crippen LogP contribution in [0.15, 0.2) is 52.1 Å². The Balaban J connectivity index is 1.37. The van der Waals surface area contributed by atoms with Crippen LogP contribution in [0.25, 0.3) is 9.88 Å². The predicted molar refractivity (Wildman–Crippen MR) is 121 cm³/mol. The maximum absolute atomic E-state index is 12.8. The van der Waals surface area contributed by atoms with Gasteiger partial charge in [-0.3, -0.25) is 4.79 Å². The number of rotatable bonds is 6. The van der Waals surface area contributed by atoms with Crippen molar-refractivity contribution in [3.8, 4) is 9.88 Å². The number of amides is 1. The molecule has 1 N–H and O–H groups in total. The second-order valence-electron chi connectivity index (χ2n) is 7.46. The first-order chi connectivity index (χ1) is 14.4. The highest BCUT2D eigenvalue weighted by atomic mass is 32.2. The van der Waals surface area contributed by atoms with E-state index >= 15 is 0 Å². The maximum Gasteiger partial charge on any atom is 0.243 e. The molecule has 1 fully saturated rings. The Morgan fingerprint density at radius 2 is 1.90 bits per heavy atom. The number of nitrogens with zero attached hydrogens (tertiary/aromatic N) is 2. The van der Waals surface area contributed by atoms with Crippen molar-refractivity contribution in [2.24, 2.45) is 5.92 Å². The lowest BCUT2D eigenvalue weighted by Gasteiger charge is -2.29. The number of piperidine rings is 1. The largest absolute Gasteiger partial charge is 0.326 e. The molecule has 0 radical (unpaired) electrons. The summed E-state index contributed by atoms with van der Waals surface area (Å²) in [6.07, 6.45) is 1.95. The van der Waals surface area contributed by atoms with Gasteiger partial charge in [0.1, 0.15) is 5.01 Å². The van der Waals surface area contributed by atoms with Gasteiger partial charge in [0.05, 0.1) is 21.9 Å². The van der Waals surface area contributed by atoms with E-state index in [9.17, 15) is 13.2 Å². The van der Waals surface area contributed by atoms with Crippen molar-refractivity contribution in [2.45, 2.75) is 31.1 Å². The average Bonchev–Trinajstić information content (AvgIpc) is 3.40. The zero-order valence-electron chi connectivity index (χ0n) is 16.6. The van der Waals surface area contributed by atoms with Gasteiger partial charge in [-0.25, -0.2) is 13.4 Å². The van der Waals surface area contributed by atoms with E-state index in [1.807, 2.05) is 22.9 Å². The van der Waals surface area contributed by atoms with Crippen LogP contribution in [0.1, 0.15) is 25.5 Å². The summed E-state index contributed by atoms with van der Waals surface area (Å²) in [5.74, 6) is 0.381. The summed E-state index contributed by atoms with van der Waals surface area (Å²) in [6.45, 7) is 3.27. The molecule has 6 nitrogen and oxygen atoms in total. The number of nitrogens with one attached hydrogen (secondary N) is 1. The lowest BCUT2D eigenvalue weighted by atomic mass is 10.0. The second-order valence-corrected chi connectivity index (χ2v) is 11.2. The van der Waals surface area contributed by atoms with Gasteiger partial charge in [-0.1, -0.05) is 13.0 Å². The molecule has 0 spiro atoms. The summed E-state index contributed by atoms with van der Waals surface area (Å²) in [6, 6.07) is 10.4. The van der Waals surface area contributed by atoms with Crippen LogP contribution in [0.3, 0.4) is 0 Å². The van der Waals surface area contributed by atoms with Crippen LogP contribution in [-0.2, 0) is 21.2 Å². The molecule has 4 rings (SSSR count). The standard InChI is InChI=1S/C21H23N3O3S3/c1-15-8-10-24(11-9-15)30(26,27)18-6-4-16(5-7-18)22-20(25)13-17-14-29-21(23-17)19-3-2-12-28-19/h2-7,12,14-15H,8-11,13H2,1H3,(H,22,25). The van der Waals surface area contributed by atoms with E-state index in [0.29, 0.717) is 24.7 Å². The number of thiophene rings is 1. The molecule has 1 amide bonds. The summed E-state index contributed by atoms with van der Waals surface area (Å²) in [5, 5.41) is 7.62. The molecule has 0 saturated carbocycles. The highest BCUT2D eigenvalue weighted by molar-refractivity contribution is 7.89. The van der Waals surface area contributed by atoms with Gasteiger partial charge in [0, 0.05) is 24.2 Å². The third kappa shape index (κ3) is 4.80. The average molecular weight is 462 g/mol. The first-order valence-electron chi connectivity index (χ1n) is 9.80. The van der Waals surface area contributed by atoms with E-state index in [4.69, 9.17) is 0 Å². The Bertz CT molecular complexity index is 1100. The molecule has 9 heteroatoms. The van der Waals surface area contributed by atoms with Crippen molar-refractivity contribution in [1.29, 1.82) is 0 Å². The molecule has 0 atom stereocenters. The van der Waals surface area contributed by atoms with Gasteiger partial charge < -0.3 is 5.32 Å². The van der Waals surface area contributed by atoms with Gasteiger partial charge in [0.25, 0.3) is 0 Å². The number of aromatic nitrogens is 1. The Kier molecular flexibility index (Phi) is 6.33. The summed E-state index contributed by atoms with van der Waals surface area (Å²) in [4.78, 5) is 18.2. The first kappa shape index (κ1) is 21.2. The molecule has 30 heavy (non-hydrogen) atoms. The van der Waals surface area contributed by atoms with Gasteiger partial charge in [0.2, 0.25) is 15.9 Å². The molecule has 3 heterocycles. The summed E-state index contributed by atoms with van der Waals surface area (Å²) in [5.41, 5.74) is 1.29. The SMILES string of the molecule is CC1CCN(S(=O)(=O)c2ccc(NC(=O)Cc3csc(-c4cccs4)n3)cc2)CC1. The van der Waals surface area contributed by atoms with Crippen molar-refractivity contribution < 1.29 is 13.2 Å². The molecule has 158 valence electrons. The Hall–Kier alpha value is -2.07. The van der Waals surface area contributed by atoms with Crippen molar-refractivity contribution in [2.75, 3.05) is 18.4 Å². The number of hydrogen-bond donors (Lipinski definition) is 1. The Morgan fingerprint density at radius 1 is 1.17 bits per heavy atom. The van der Waals surface area contributed by atoms with Crippen LogP contribution in [0.5, 0.6) is 0 Å². The fourth-order valence-corrected chi connectivity index (χ4v) is 6.46. The fraction of sp³-hybridized carbons (Fsp3) is 0.333. The third-order valence-electron chi connectivity index (χ3n) is 5.14. The minimum absolute atomic E-state index is 0.174. The van der Waals surface area contributed by atoms with Crippen LogP contribution >= 0.6 is 22.7 Å². The van der Waals surface area contributed by atoms with Gasteiger partial charge >= 0.3 is 0 Å². The van der Waals surface area contributed by atoms with E-state index in [0.717, 1.165) is 28.4 Å². The molecule has 0 aliphatic carbocycles. The number of anilines is 1. The lowest BCUT2D eigenvalue weighted by Crippen LogP contribution is -2.37. The van der Waals surface area contributed by atoms with E-state index in [2.05, 4.69) is 17.2 Å². The van der Waals surface area contributed by atoms with Crippen LogP contribution in [0, 0.1) is 5.92 Å². The second kappa shape index (κ2) is 8.97. The van der Waals surface area contributed by atoms with E-state index in [1.54, 1.807) is 39.9 Å². The van der Waals surface area contributed by atoms with Crippen LogP contribution in [0.4, 0.5) is 5.69 Å². The molecular weight excluding hydrogens is 438 g/mol. The molecular formula is C21H23N3O3S3.